The monoisotopic (exact) mass is 902 g/mol. The van der Waals surface area contributed by atoms with Gasteiger partial charge in [0, 0.05) is 0 Å². The van der Waals surface area contributed by atoms with Crippen LogP contribution in [-0.4, -0.2) is 6.88 Å². The van der Waals surface area contributed by atoms with Crippen molar-refractivity contribution in [3.05, 3.63) is 146 Å². The number of hydrogen-bond acceptors (Lipinski definition) is 0. The van der Waals surface area contributed by atoms with Crippen LogP contribution in [0.4, 0.5) is 0 Å². The van der Waals surface area contributed by atoms with Gasteiger partial charge in [0.25, 0.3) is 0 Å². The van der Waals surface area contributed by atoms with Crippen molar-refractivity contribution in [3.8, 4) is 22.3 Å². The predicted molar refractivity (Wildman–Crippen MR) is 257 cm³/mol. The summed E-state index contributed by atoms with van der Waals surface area (Å²) in [6, 6.07) is 42.1. The molecule has 308 valence electrons. The van der Waals surface area contributed by atoms with Gasteiger partial charge in [-0.05, 0) is 121 Å². The average molecular weight is 905 g/mol. The van der Waals surface area contributed by atoms with E-state index in [1.165, 1.54) is 142 Å². The van der Waals surface area contributed by atoms with Crippen molar-refractivity contribution in [3.63, 3.8) is 0 Å². The second kappa shape index (κ2) is 21.0. The Morgan fingerprint density at radius 3 is 1.64 bits per heavy atom. The zero-order valence-electron chi connectivity index (χ0n) is 36.0. The third-order valence-electron chi connectivity index (χ3n) is 14.2. The van der Waals surface area contributed by atoms with Crippen LogP contribution < -0.4 is 0 Å². The van der Waals surface area contributed by atoms with E-state index in [0.29, 0.717) is 11.3 Å². The first kappa shape index (κ1) is 48.4. The topological polar surface area (TPSA) is 0 Å². The zero-order valence-corrected chi connectivity index (χ0v) is 41.0. The van der Waals surface area contributed by atoms with Gasteiger partial charge in [0.2, 0.25) is 0 Å². The molecule has 2 radical (unpaired) electrons. The molecule has 5 aliphatic rings. The summed E-state index contributed by atoms with van der Waals surface area (Å²) in [6.07, 6.45) is 15.5. The summed E-state index contributed by atoms with van der Waals surface area (Å²) in [5.74, 6) is 5.31. The number of aryl methyl sites for hydroxylation is 1. The van der Waals surface area contributed by atoms with Crippen molar-refractivity contribution < 1.29 is 23.3 Å². The molecule has 4 heteroatoms. The van der Waals surface area contributed by atoms with Gasteiger partial charge in [-0.3, -0.25) is 0 Å². The van der Waals surface area contributed by atoms with E-state index in [4.69, 9.17) is 0 Å². The number of benzene rings is 4. The van der Waals surface area contributed by atoms with Crippen molar-refractivity contribution in [2.75, 3.05) is 0 Å². The molecule has 0 amide bonds. The Labute approximate surface area is 381 Å². The van der Waals surface area contributed by atoms with Crippen LogP contribution in [0.25, 0.3) is 43.8 Å². The van der Waals surface area contributed by atoms with E-state index in [-0.39, 0.29) is 39.7 Å². The van der Waals surface area contributed by atoms with E-state index in [9.17, 15) is 0 Å². The van der Waals surface area contributed by atoms with Gasteiger partial charge >= 0.3 is 30.2 Å². The maximum absolute atomic E-state index is 3.06. The van der Waals surface area contributed by atoms with Gasteiger partial charge < -0.3 is 14.9 Å². The van der Waals surface area contributed by atoms with Crippen molar-refractivity contribution in [2.45, 2.75) is 116 Å². The Hall–Kier alpha value is -2.22. The minimum atomic E-state index is 0. The summed E-state index contributed by atoms with van der Waals surface area (Å²) >= 11 is 1.36. The summed E-state index contributed by atoms with van der Waals surface area (Å²) in [6.45, 7) is 12.2. The SMILES string of the molecule is CC1CCC(c2cc3c(-c4ccc(C(C)C)cc4)cccc3[cH-]2)CC1.CCc1cc2c(-c3ccc(C45CC6CC(CC(C6)C4)C5)cc3)cccc2[cH-]1.Cl.Cl.[CH3-].[CH3-].[Si]=[Zr]. The fraction of sp³-hybridized carbons (Fsp3) is 0.407. The first-order chi connectivity index (χ1) is 26.3. The van der Waals surface area contributed by atoms with Crippen molar-refractivity contribution in [1.29, 1.82) is 0 Å². The minimum absolute atomic E-state index is 0. The van der Waals surface area contributed by atoms with Crippen LogP contribution in [0.15, 0.2) is 109 Å². The molecule has 58 heavy (non-hydrogen) atoms. The Morgan fingerprint density at radius 2 is 1.14 bits per heavy atom. The molecule has 0 unspecified atom stereocenters. The van der Waals surface area contributed by atoms with Crippen LogP contribution in [0, 0.1) is 38.5 Å². The molecule has 0 atom stereocenters. The van der Waals surface area contributed by atoms with Crippen LogP contribution >= 0.6 is 24.8 Å². The molecule has 11 rings (SSSR count). The van der Waals surface area contributed by atoms with Gasteiger partial charge in [-0.1, -0.05) is 112 Å². The first-order valence-corrected chi connectivity index (χ1v) is 25.4. The number of hydrogen-bond donors (Lipinski definition) is 0. The van der Waals surface area contributed by atoms with E-state index in [0.717, 1.165) is 36.0 Å². The standard InChI is InChI=1S/C27H29.C25H29.2CH3.2ClH.Si.Zr/c1-2-18-13-23-4-3-5-25(26(23)14-18)22-6-8-24(9-7-22)27-15-19-10-20(16-27)12-21(11-19)17-27;1-17(2)19-11-13-21(14-12-19)24-6-4-5-22-15-23(16-25(22)24)20-9-7-18(3)8-10-20;;;;;;/h3-9,13-14,19-21H,2,10-12,15-17H2,1H3;4-6,11-18,20H,7-10H2,1-3H3;2*1H3;2*1H;;/q4*-1;;;;. The van der Waals surface area contributed by atoms with Crippen LogP contribution in [-0.2, 0) is 35.2 Å². The molecule has 6 aromatic carbocycles. The third-order valence-corrected chi connectivity index (χ3v) is 14.2. The molecule has 0 aliphatic heterocycles. The molecule has 5 aliphatic carbocycles. The van der Waals surface area contributed by atoms with Gasteiger partial charge in [0.15, 0.2) is 0 Å². The fourth-order valence-electron chi connectivity index (χ4n) is 11.6. The normalized spacial score (nSPS) is 23.9. The molecule has 0 aromatic heterocycles. The number of halogens is 2. The Morgan fingerprint density at radius 1 is 0.655 bits per heavy atom. The summed E-state index contributed by atoms with van der Waals surface area (Å²) in [4.78, 5) is 0. The third kappa shape index (κ3) is 9.94. The molecule has 0 saturated heterocycles. The Bertz CT molecular complexity index is 2150. The van der Waals surface area contributed by atoms with E-state index < -0.39 is 0 Å². The van der Waals surface area contributed by atoms with E-state index in [1.807, 2.05) is 0 Å². The molecular formula is C54H66Cl2SiZr-4. The Balaban J connectivity index is 0.000000232. The van der Waals surface area contributed by atoms with Gasteiger partial charge in [-0.2, -0.15) is 12.1 Å². The van der Waals surface area contributed by atoms with Crippen LogP contribution in [0.2, 0.25) is 0 Å². The van der Waals surface area contributed by atoms with E-state index in [1.54, 1.807) is 11.1 Å². The van der Waals surface area contributed by atoms with Crippen molar-refractivity contribution in [2.24, 2.45) is 23.7 Å². The maximum atomic E-state index is 3.06. The molecule has 6 aromatic rings. The second-order valence-electron chi connectivity index (χ2n) is 18.1. The molecule has 5 saturated carbocycles. The molecular weight excluding hydrogens is 839 g/mol. The van der Waals surface area contributed by atoms with Crippen LogP contribution in [0.1, 0.15) is 126 Å². The van der Waals surface area contributed by atoms with Crippen LogP contribution in [0.5, 0.6) is 0 Å². The molecule has 0 nitrogen and oxygen atoms in total. The predicted octanol–water partition coefficient (Wildman–Crippen LogP) is 16.3. The van der Waals surface area contributed by atoms with Crippen molar-refractivity contribution in [1.82, 2.24) is 0 Å². The molecule has 0 spiro atoms. The summed E-state index contributed by atoms with van der Waals surface area (Å²) in [7, 11) is 0. The molecule has 0 N–H and O–H groups in total. The molecule has 0 heterocycles. The zero-order chi connectivity index (χ0) is 37.4. The fourth-order valence-corrected chi connectivity index (χ4v) is 11.6. The quantitative estimate of drug-likeness (QED) is 0.115. The second-order valence-corrected chi connectivity index (χ2v) is 18.1. The van der Waals surface area contributed by atoms with Crippen molar-refractivity contribution >= 4 is 53.2 Å². The van der Waals surface area contributed by atoms with Gasteiger partial charge in [0.1, 0.15) is 0 Å². The number of fused-ring (bicyclic) bond motifs is 2. The van der Waals surface area contributed by atoms with Gasteiger partial charge in [-0.15, -0.1) is 93.9 Å². The van der Waals surface area contributed by atoms with Crippen LogP contribution in [0.3, 0.4) is 0 Å². The molecule has 4 bridgehead atoms. The average Bonchev–Trinajstić information content (AvgIpc) is 3.84. The van der Waals surface area contributed by atoms with Gasteiger partial charge in [0.05, 0.1) is 0 Å². The summed E-state index contributed by atoms with van der Waals surface area (Å²) in [5.41, 5.74) is 12.1. The number of rotatable bonds is 6. The molecule has 5 fully saturated rings. The van der Waals surface area contributed by atoms with Gasteiger partial charge in [-0.25, -0.2) is 0 Å². The van der Waals surface area contributed by atoms with E-state index in [2.05, 4.69) is 144 Å². The Kier molecular flexibility index (Phi) is 17.6. The summed E-state index contributed by atoms with van der Waals surface area (Å²) in [5, 5.41) is 5.62. The first-order valence-electron chi connectivity index (χ1n) is 21.2. The van der Waals surface area contributed by atoms with E-state index >= 15 is 0 Å². The summed E-state index contributed by atoms with van der Waals surface area (Å²) < 4.78 is 0.